The van der Waals surface area contributed by atoms with Crippen LogP contribution in [0.25, 0.3) is 5.69 Å². The van der Waals surface area contributed by atoms with E-state index in [1.807, 2.05) is 38.1 Å². The van der Waals surface area contributed by atoms with Gasteiger partial charge < -0.3 is 14.5 Å². The summed E-state index contributed by atoms with van der Waals surface area (Å²) < 4.78 is 5.10. The fourth-order valence-corrected chi connectivity index (χ4v) is 3.54. The predicted molar refractivity (Wildman–Crippen MR) is 111 cm³/mol. The van der Waals surface area contributed by atoms with Gasteiger partial charge in [-0.05, 0) is 42.8 Å². The molecule has 0 aliphatic carbocycles. The van der Waals surface area contributed by atoms with E-state index >= 15 is 0 Å². The van der Waals surface area contributed by atoms with E-state index in [2.05, 4.69) is 20.4 Å². The molecule has 1 unspecified atom stereocenters. The van der Waals surface area contributed by atoms with Crippen LogP contribution in [0.2, 0.25) is 0 Å². The monoisotopic (exact) mass is 421 g/mol. The Morgan fingerprint density at radius 1 is 1.10 bits per heavy atom. The molecule has 1 atom stereocenters. The smallest absolute Gasteiger partial charge is 0.295 e. The van der Waals surface area contributed by atoms with Gasteiger partial charge in [0.05, 0.1) is 12.8 Å². The average Bonchev–Trinajstić information content (AvgIpc) is 3.28. The number of carbonyl (C=O) groups is 2. The lowest BCUT2D eigenvalue weighted by molar-refractivity contribution is 0.0404. The topological polar surface area (TPSA) is 106 Å². The first-order chi connectivity index (χ1) is 15.0. The maximum Gasteiger partial charge on any atom is 0.295 e. The summed E-state index contributed by atoms with van der Waals surface area (Å²) in [5.41, 5.74) is 2.11. The zero-order valence-corrected chi connectivity index (χ0v) is 17.6. The van der Waals surface area contributed by atoms with Crippen LogP contribution in [0, 0.1) is 6.92 Å². The Hall–Kier alpha value is -3.82. The van der Waals surface area contributed by atoms with E-state index < -0.39 is 0 Å². The van der Waals surface area contributed by atoms with Crippen LogP contribution < -0.4 is 4.74 Å². The molecule has 1 saturated heterocycles. The first kappa shape index (κ1) is 20.5. The number of hydrogen-bond acceptors (Lipinski definition) is 7. The summed E-state index contributed by atoms with van der Waals surface area (Å²) in [4.78, 5) is 34.7. The second kappa shape index (κ2) is 8.50. The third kappa shape index (κ3) is 4.23. The minimum atomic E-state index is -0.308. The normalized spacial score (nSPS) is 16.3. The molecule has 2 aromatic heterocycles. The van der Waals surface area contributed by atoms with E-state index in [0.29, 0.717) is 31.2 Å². The highest BCUT2D eigenvalue weighted by molar-refractivity contribution is 5.93. The number of tetrazole rings is 1. The lowest BCUT2D eigenvalue weighted by Crippen LogP contribution is -2.55. The van der Waals surface area contributed by atoms with Gasteiger partial charge in [-0.15, -0.1) is 15.0 Å². The van der Waals surface area contributed by atoms with Gasteiger partial charge >= 0.3 is 0 Å². The minimum absolute atomic E-state index is 0.0305. The van der Waals surface area contributed by atoms with E-state index in [9.17, 15) is 9.59 Å². The van der Waals surface area contributed by atoms with Gasteiger partial charge in [-0.1, -0.05) is 18.2 Å². The van der Waals surface area contributed by atoms with Crippen molar-refractivity contribution in [2.45, 2.75) is 19.9 Å². The Bertz CT molecular complexity index is 1110. The molecule has 31 heavy (non-hydrogen) atoms. The highest BCUT2D eigenvalue weighted by Crippen LogP contribution is 2.16. The van der Waals surface area contributed by atoms with Gasteiger partial charge in [0.1, 0.15) is 5.69 Å². The molecule has 0 radical (unpaired) electrons. The number of aromatic nitrogens is 5. The molecule has 0 bridgehead atoms. The first-order valence-corrected chi connectivity index (χ1v) is 9.94. The number of rotatable bonds is 4. The lowest BCUT2D eigenvalue weighted by Gasteiger charge is -2.39. The van der Waals surface area contributed by atoms with E-state index in [1.54, 1.807) is 28.0 Å². The van der Waals surface area contributed by atoms with Crippen LogP contribution in [-0.4, -0.2) is 79.6 Å². The Morgan fingerprint density at radius 3 is 2.65 bits per heavy atom. The second-order valence-electron chi connectivity index (χ2n) is 7.41. The van der Waals surface area contributed by atoms with Gasteiger partial charge in [-0.2, -0.15) is 0 Å². The van der Waals surface area contributed by atoms with E-state index in [4.69, 9.17) is 4.74 Å². The summed E-state index contributed by atoms with van der Waals surface area (Å²) in [6.45, 7) is 4.99. The van der Waals surface area contributed by atoms with E-state index in [-0.39, 0.29) is 23.7 Å². The van der Waals surface area contributed by atoms with Crippen molar-refractivity contribution < 1.29 is 14.3 Å². The zero-order valence-electron chi connectivity index (χ0n) is 17.6. The zero-order chi connectivity index (χ0) is 22.0. The van der Waals surface area contributed by atoms with Crippen LogP contribution in [0.1, 0.15) is 33.6 Å². The van der Waals surface area contributed by atoms with E-state index in [0.717, 1.165) is 11.3 Å². The number of ether oxygens (including phenoxy) is 1. The summed E-state index contributed by atoms with van der Waals surface area (Å²) in [7, 11) is 1.51. The number of benzene rings is 1. The maximum absolute atomic E-state index is 12.9. The Balaban J connectivity index is 1.44. The number of pyridine rings is 1. The Kier molecular flexibility index (Phi) is 5.61. The van der Waals surface area contributed by atoms with Crippen LogP contribution in [-0.2, 0) is 0 Å². The standard InChI is InChI=1S/C21H23N7O3/c1-14-6-4-7-16(12-14)28-24-19(23-25-28)21(30)26-10-11-27(15(2)13-26)20(29)17-8-5-9-18(22-17)31-3/h4-9,12,15H,10-11,13H2,1-3H3. The summed E-state index contributed by atoms with van der Waals surface area (Å²) in [5, 5.41) is 12.2. The summed E-state index contributed by atoms with van der Waals surface area (Å²) in [6.07, 6.45) is 0. The molecule has 0 N–H and O–H groups in total. The molecular weight excluding hydrogens is 398 g/mol. The number of piperazine rings is 1. The number of nitrogens with zero attached hydrogens (tertiary/aromatic N) is 7. The quantitative estimate of drug-likeness (QED) is 0.626. The van der Waals surface area contributed by atoms with Gasteiger partial charge in [-0.25, -0.2) is 4.98 Å². The molecule has 10 nitrogen and oxygen atoms in total. The minimum Gasteiger partial charge on any atom is -0.481 e. The molecule has 1 aliphatic heterocycles. The summed E-state index contributed by atoms with van der Waals surface area (Å²) >= 11 is 0. The van der Waals surface area contributed by atoms with Crippen LogP contribution in [0.4, 0.5) is 0 Å². The van der Waals surface area contributed by atoms with Gasteiger partial charge in [0.25, 0.3) is 17.6 Å². The molecule has 2 amide bonds. The molecule has 1 aliphatic rings. The molecule has 3 aromatic rings. The Morgan fingerprint density at radius 2 is 1.90 bits per heavy atom. The van der Waals surface area contributed by atoms with Gasteiger partial charge in [-0.3, -0.25) is 9.59 Å². The van der Waals surface area contributed by atoms with Crippen molar-refractivity contribution in [1.82, 2.24) is 35.0 Å². The van der Waals surface area contributed by atoms with Crippen molar-refractivity contribution >= 4 is 11.8 Å². The van der Waals surface area contributed by atoms with Crippen LogP contribution in [0.3, 0.4) is 0 Å². The molecule has 10 heteroatoms. The van der Waals surface area contributed by atoms with Gasteiger partial charge in [0.2, 0.25) is 5.88 Å². The van der Waals surface area contributed by atoms with Crippen molar-refractivity contribution in [3.8, 4) is 11.6 Å². The fourth-order valence-electron chi connectivity index (χ4n) is 3.54. The fraction of sp³-hybridized carbons (Fsp3) is 0.333. The van der Waals surface area contributed by atoms with Crippen LogP contribution in [0.15, 0.2) is 42.5 Å². The lowest BCUT2D eigenvalue weighted by atomic mass is 10.1. The Labute approximate surface area is 179 Å². The van der Waals surface area contributed by atoms with Crippen molar-refractivity contribution in [3.05, 3.63) is 59.5 Å². The molecule has 160 valence electrons. The molecule has 0 spiro atoms. The molecule has 1 aromatic carbocycles. The van der Waals surface area contributed by atoms with Crippen LogP contribution >= 0.6 is 0 Å². The molecule has 3 heterocycles. The van der Waals surface area contributed by atoms with Crippen LogP contribution in [0.5, 0.6) is 5.88 Å². The van der Waals surface area contributed by atoms with Crippen molar-refractivity contribution in [1.29, 1.82) is 0 Å². The second-order valence-corrected chi connectivity index (χ2v) is 7.41. The number of aryl methyl sites for hydroxylation is 1. The number of carbonyl (C=O) groups excluding carboxylic acids is 2. The highest BCUT2D eigenvalue weighted by Gasteiger charge is 2.32. The molecule has 1 fully saturated rings. The number of amides is 2. The first-order valence-electron chi connectivity index (χ1n) is 9.94. The van der Waals surface area contributed by atoms with Crippen molar-refractivity contribution in [2.75, 3.05) is 26.7 Å². The van der Waals surface area contributed by atoms with Crippen molar-refractivity contribution in [3.63, 3.8) is 0 Å². The largest absolute Gasteiger partial charge is 0.481 e. The van der Waals surface area contributed by atoms with E-state index in [1.165, 1.54) is 11.9 Å². The third-order valence-electron chi connectivity index (χ3n) is 5.16. The van der Waals surface area contributed by atoms with Crippen molar-refractivity contribution in [2.24, 2.45) is 0 Å². The summed E-state index contributed by atoms with van der Waals surface area (Å²) in [5.74, 6) is -0.0857. The maximum atomic E-state index is 12.9. The van der Waals surface area contributed by atoms with Gasteiger partial charge in [0, 0.05) is 31.7 Å². The predicted octanol–water partition coefficient (Wildman–Crippen LogP) is 1.36. The highest BCUT2D eigenvalue weighted by atomic mass is 16.5. The third-order valence-corrected chi connectivity index (χ3v) is 5.16. The average molecular weight is 421 g/mol. The number of hydrogen-bond donors (Lipinski definition) is 0. The molecule has 4 rings (SSSR count). The molecule has 0 saturated carbocycles. The number of methoxy groups -OCH3 is 1. The van der Waals surface area contributed by atoms with Gasteiger partial charge in [0.15, 0.2) is 0 Å². The SMILES string of the molecule is COc1cccc(C(=O)N2CCN(C(=O)c3nnn(-c4cccc(C)c4)n3)CC2C)n1. The molecular formula is C21H23N7O3. The summed E-state index contributed by atoms with van der Waals surface area (Å²) in [6, 6.07) is 12.5.